The molecular weight excluding hydrogens is 269 g/mol. The highest BCUT2D eigenvalue weighted by Gasteiger charge is 2.12. The standard InChI is InChI=1S/C16H20FN3O/c1-11(2)16(18)12-6-7-20(9-12)10-15(21)19-14-5-3-4-13(17)8-14/h3-9,11,16H,10,18H2,1-2H3,(H,19,21). The van der Waals surface area contributed by atoms with E-state index in [0.717, 1.165) is 5.56 Å². The molecule has 1 aromatic heterocycles. The predicted octanol–water partition coefficient (Wildman–Crippen LogP) is 2.92. The van der Waals surface area contributed by atoms with Crippen LogP contribution >= 0.6 is 0 Å². The fourth-order valence-corrected chi connectivity index (χ4v) is 2.07. The van der Waals surface area contributed by atoms with Crippen molar-refractivity contribution in [2.75, 3.05) is 5.32 Å². The first kappa shape index (κ1) is 15.3. The Balaban J connectivity index is 1.97. The van der Waals surface area contributed by atoms with E-state index >= 15 is 0 Å². The van der Waals surface area contributed by atoms with Crippen molar-refractivity contribution < 1.29 is 9.18 Å². The minimum Gasteiger partial charge on any atom is -0.345 e. The summed E-state index contributed by atoms with van der Waals surface area (Å²) in [5, 5.41) is 2.66. The number of nitrogens with zero attached hydrogens (tertiary/aromatic N) is 1. The van der Waals surface area contributed by atoms with Gasteiger partial charge in [-0.15, -0.1) is 0 Å². The van der Waals surface area contributed by atoms with Gasteiger partial charge in [0.15, 0.2) is 0 Å². The second-order valence-corrected chi connectivity index (χ2v) is 5.45. The monoisotopic (exact) mass is 289 g/mol. The molecule has 1 unspecified atom stereocenters. The zero-order valence-electron chi connectivity index (χ0n) is 12.2. The summed E-state index contributed by atoms with van der Waals surface area (Å²) >= 11 is 0. The first-order valence-electron chi connectivity index (χ1n) is 6.92. The molecule has 2 aromatic rings. The lowest BCUT2D eigenvalue weighted by Gasteiger charge is -2.13. The van der Waals surface area contributed by atoms with Crippen LogP contribution in [0.3, 0.4) is 0 Å². The van der Waals surface area contributed by atoms with Crippen molar-refractivity contribution in [1.29, 1.82) is 0 Å². The summed E-state index contributed by atoms with van der Waals surface area (Å²) in [4.78, 5) is 11.9. The average Bonchev–Trinajstić information content (AvgIpc) is 2.85. The van der Waals surface area contributed by atoms with Crippen LogP contribution in [0.25, 0.3) is 0 Å². The van der Waals surface area contributed by atoms with Gasteiger partial charge in [0.25, 0.3) is 0 Å². The fourth-order valence-electron chi connectivity index (χ4n) is 2.07. The van der Waals surface area contributed by atoms with E-state index in [4.69, 9.17) is 5.73 Å². The van der Waals surface area contributed by atoms with Gasteiger partial charge in [0.05, 0.1) is 0 Å². The van der Waals surface area contributed by atoms with Crippen LogP contribution in [0.4, 0.5) is 10.1 Å². The highest BCUT2D eigenvalue weighted by Crippen LogP contribution is 2.19. The van der Waals surface area contributed by atoms with Crippen LogP contribution in [-0.4, -0.2) is 10.5 Å². The van der Waals surface area contributed by atoms with E-state index in [9.17, 15) is 9.18 Å². The fraction of sp³-hybridized carbons (Fsp3) is 0.312. The van der Waals surface area contributed by atoms with Crippen molar-refractivity contribution in [2.24, 2.45) is 11.7 Å². The van der Waals surface area contributed by atoms with Crippen LogP contribution in [0, 0.1) is 11.7 Å². The van der Waals surface area contributed by atoms with Gasteiger partial charge < -0.3 is 15.6 Å². The van der Waals surface area contributed by atoms with Gasteiger partial charge in [0.1, 0.15) is 12.4 Å². The molecule has 0 radical (unpaired) electrons. The maximum atomic E-state index is 13.0. The number of hydrogen-bond acceptors (Lipinski definition) is 2. The van der Waals surface area contributed by atoms with Crippen molar-refractivity contribution in [3.63, 3.8) is 0 Å². The van der Waals surface area contributed by atoms with Crippen molar-refractivity contribution in [3.8, 4) is 0 Å². The SMILES string of the molecule is CC(C)C(N)c1ccn(CC(=O)Nc2cccc(F)c2)c1. The molecule has 21 heavy (non-hydrogen) atoms. The zero-order chi connectivity index (χ0) is 15.4. The minimum atomic E-state index is -0.376. The van der Waals surface area contributed by atoms with Crippen LogP contribution in [0.2, 0.25) is 0 Å². The summed E-state index contributed by atoms with van der Waals surface area (Å²) in [6.07, 6.45) is 3.69. The third-order valence-corrected chi connectivity index (χ3v) is 3.31. The minimum absolute atomic E-state index is 0.0440. The third kappa shape index (κ3) is 4.16. The summed E-state index contributed by atoms with van der Waals surface area (Å²) in [6.45, 7) is 4.28. The first-order valence-corrected chi connectivity index (χ1v) is 6.92. The highest BCUT2D eigenvalue weighted by atomic mass is 19.1. The van der Waals surface area contributed by atoms with Crippen molar-refractivity contribution in [2.45, 2.75) is 26.4 Å². The quantitative estimate of drug-likeness (QED) is 0.889. The Kier molecular flexibility index (Phi) is 4.75. The molecule has 0 bridgehead atoms. The Morgan fingerprint density at radius 3 is 2.81 bits per heavy atom. The molecule has 0 saturated carbocycles. The van der Waals surface area contributed by atoms with E-state index in [2.05, 4.69) is 19.2 Å². The Bertz CT molecular complexity index is 621. The number of nitrogens with one attached hydrogen (secondary N) is 1. The van der Waals surface area contributed by atoms with Crippen molar-refractivity contribution in [3.05, 3.63) is 54.1 Å². The molecule has 4 nitrogen and oxygen atoms in total. The number of rotatable bonds is 5. The third-order valence-electron chi connectivity index (χ3n) is 3.31. The maximum Gasteiger partial charge on any atom is 0.244 e. The summed E-state index contributed by atoms with van der Waals surface area (Å²) in [5.74, 6) is -0.248. The van der Waals surface area contributed by atoms with Crippen molar-refractivity contribution in [1.82, 2.24) is 4.57 Å². The molecule has 112 valence electrons. The molecule has 1 atom stereocenters. The van der Waals surface area contributed by atoms with Gasteiger partial charge in [-0.3, -0.25) is 4.79 Å². The van der Waals surface area contributed by atoms with Crippen LogP contribution in [0.5, 0.6) is 0 Å². The lowest BCUT2D eigenvalue weighted by atomic mass is 10.00. The summed E-state index contributed by atoms with van der Waals surface area (Å²) in [7, 11) is 0. The number of nitrogens with two attached hydrogens (primary N) is 1. The van der Waals surface area contributed by atoms with E-state index in [1.165, 1.54) is 12.1 Å². The molecule has 0 saturated heterocycles. The Hall–Kier alpha value is -2.14. The van der Waals surface area contributed by atoms with Crippen LogP contribution < -0.4 is 11.1 Å². The Labute approximate surface area is 123 Å². The van der Waals surface area contributed by atoms with Gasteiger partial charge >= 0.3 is 0 Å². The number of aromatic nitrogens is 1. The summed E-state index contributed by atoms with van der Waals surface area (Å²) in [6, 6.07) is 7.70. The van der Waals surface area contributed by atoms with E-state index in [1.807, 2.05) is 18.5 Å². The first-order chi connectivity index (χ1) is 9.95. The maximum absolute atomic E-state index is 13.0. The smallest absolute Gasteiger partial charge is 0.244 e. The number of anilines is 1. The van der Waals surface area contributed by atoms with Crippen LogP contribution in [0.15, 0.2) is 42.7 Å². The molecule has 0 spiro atoms. The number of hydrogen-bond donors (Lipinski definition) is 2. The van der Waals surface area contributed by atoms with E-state index in [-0.39, 0.29) is 24.3 Å². The second kappa shape index (κ2) is 6.54. The van der Waals surface area contributed by atoms with E-state index in [0.29, 0.717) is 11.6 Å². The normalized spacial score (nSPS) is 12.4. The molecule has 2 rings (SSSR count). The second-order valence-electron chi connectivity index (χ2n) is 5.45. The van der Waals surface area contributed by atoms with Crippen LogP contribution in [-0.2, 0) is 11.3 Å². The molecule has 1 amide bonds. The van der Waals surface area contributed by atoms with Gasteiger partial charge in [0, 0.05) is 24.1 Å². The number of amides is 1. The number of carbonyl (C=O) groups is 1. The van der Waals surface area contributed by atoms with Gasteiger partial charge in [0.2, 0.25) is 5.91 Å². The molecule has 3 N–H and O–H groups in total. The van der Waals surface area contributed by atoms with Gasteiger partial charge in [-0.2, -0.15) is 0 Å². The Morgan fingerprint density at radius 1 is 1.38 bits per heavy atom. The molecule has 0 aliphatic carbocycles. The number of benzene rings is 1. The molecule has 0 aliphatic rings. The molecule has 5 heteroatoms. The Morgan fingerprint density at radius 2 is 2.14 bits per heavy atom. The zero-order valence-corrected chi connectivity index (χ0v) is 12.2. The van der Waals surface area contributed by atoms with Gasteiger partial charge in [-0.05, 0) is 35.7 Å². The topological polar surface area (TPSA) is 60.0 Å². The number of halogens is 1. The van der Waals surface area contributed by atoms with Crippen LogP contribution in [0.1, 0.15) is 25.5 Å². The molecule has 1 aromatic carbocycles. The predicted molar refractivity (Wildman–Crippen MR) is 81.2 cm³/mol. The summed E-state index contributed by atoms with van der Waals surface area (Å²) < 4.78 is 14.8. The van der Waals surface area contributed by atoms with Gasteiger partial charge in [-0.1, -0.05) is 19.9 Å². The average molecular weight is 289 g/mol. The van der Waals surface area contributed by atoms with Gasteiger partial charge in [-0.25, -0.2) is 4.39 Å². The molecule has 1 heterocycles. The lowest BCUT2D eigenvalue weighted by molar-refractivity contribution is -0.116. The van der Waals surface area contributed by atoms with E-state index < -0.39 is 0 Å². The lowest BCUT2D eigenvalue weighted by Crippen LogP contribution is -2.18. The molecule has 0 aliphatic heterocycles. The molecule has 0 fully saturated rings. The number of carbonyl (C=O) groups excluding carboxylic acids is 1. The largest absolute Gasteiger partial charge is 0.345 e. The molecular formula is C16H20FN3O. The highest BCUT2D eigenvalue weighted by molar-refractivity contribution is 5.90. The van der Waals surface area contributed by atoms with Crippen molar-refractivity contribution >= 4 is 11.6 Å². The van der Waals surface area contributed by atoms with E-state index in [1.54, 1.807) is 16.7 Å². The summed E-state index contributed by atoms with van der Waals surface area (Å²) in [5.41, 5.74) is 7.52.